The van der Waals surface area contributed by atoms with Crippen LogP contribution < -0.4 is 16.4 Å². The van der Waals surface area contributed by atoms with E-state index in [1.165, 1.54) is 24.2 Å². The van der Waals surface area contributed by atoms with E-state index in [0.717, 1.165) is 6.54 Å². The van der Waals surface area contributed by atoms with E-state index < -0.39 is 5.91 Å². The highest BCUT2D eigenvalue weighted by atomic mass is 32.1. The normalized spacial score (nSPS) is 14.6. The predicted octanol–water partition coefficient (Wildman–Crippen LogP) is 2.11. The van der Waals surface area contributed by atoms with Gasteiger partial charge in [-0.3, -0.25) is 9.59 Å². The average molecular weight is 295 g/mol. The van der Waals surface area contributed by atoms with Gasteiger partial charge in [-0.05, 0) is 18.8 Å². The quantitative estimate of drug-likeness (QED) is 0.787. The van der Waals surface area contributed by atoms with E-state index in [1.807, 2.05) is 25.8 Å². The Balaban J connectivity index is 2.41. The zero-order chi connectivity index (χ0) is 15.0. The molecule has 1 aromatic rings. The number of nitrogens with zero attached hydrogens (tertiary/aromatic N) is 1. The highest BCUT2D eigenvalue weighted by Crippen LogP contribution is 2.40. The number of carbonyl (C=O) groups excluding carboxylic acids is 2. The molecule has 0 aliphatic heterocycles. The van der Waals surface area contributed by atoms with E-state index in [-0.39, 0.29) is 17.4 Å². The average Bonchev–Trinajstić information content (AvgIpc) is 3.09. The molecule has 5 nitrogen and oxygen atoms in total. The van der Waals surface area contributed by atoms with Gasteiger partial charge in [0.25, 0.3) is 5.91 Å². The third-order valence-electron chi connectivity index (χ3n) is 3.50. The fraction of sp³-hybridized carbons (Fsp3) is 0.571. The largest absolute Gasteiger partial charge is 0.397 e. The van der Waals surface area contributed by atoms with Crippen molar-refractivity contribution in [3.63, 3.8) is 0 Å². The summed E-state index contributed by atoms with van der Waals surface area (Å²) in [5.74, 6) is -0.0909. The van der Waals surface area contributed by atoms with Crippen molar-refractivity contribution in [1.29, 1.82) is 0 Å². The summed E-state index contributed by atoms with van der Waals surface area (Å²) in [7, 11) is 1.92. The minimum atomic E-state index is -0.570. The second-order valence-corrected chi connectivity index (χ2v) is 6.73. The molecule has 0 bridgehead atoms. The van der Waals surface area contributed by atoms with Gasteiger partial charge in [0.1, 0.15) is 5.00 Å². The second-order valence-electron chi connectivity index (χ2n) is 5.73. The molecule has 1 aliphatic rings. The summed E-state index contributed by atoms with van der Waals surface area (Å²) >= 11 is 1.28. The van der Waals surface area contributed by atoms with Gasteiger partial charge < -0.3 is 16.4 Å². The van der Waals surface area contributed by atoms with Gasteiger partial charge in [0.05, 0.1) is 16.1 Å². The van der Waals surface area contributed by atoms with Crippen LogP contribution in [-0.2, 0) is 0 Å². The van der Waals surface area contributed by atoms with E-state index in [1.54, 1.807) is 0 Å². The number of primary amides is 1. The molecular formula is C14H21N3O2S. The summed E-state index contributed by atoms with van der Waals surface area (Å²) in [6.07, 6.45) is 2.43. The number of thiophene rings is 1. The molecule has 20 heavy (non-hydrogen) atoms. The highest BCUT2D eigenvalue weighted by Gasteiger charge is 2.29. The minimum absolute atomic E-state index is 0.0407. The maximum Gasteiger partial charge on any atom is 0.253 e. The van der Waals surface area contributed by atoms with Gasteiger partial charge in [-0.2, -0.15) is 0 Å². The third kappa shape index (κ3) is 2.80. The second kappa shape index (κ2) is 5.44. The first-order valence-corrected chi connectivity index (χ1v) is 7.62. The van der Waals surface area contributed by atoms with Crippen LogP contribution in [0.25, 0.3) is 0 Å². The summed E-state index contributed by atoms with van der Waals surface area (Å²) in [6.45, 7) is 4.51. The lowest BCUT2D eigenvalue weighted by atomic mass is 10.1. The first-order chi connectivity index (χ1) is 9.32. The SMILES string of the molecule is CC(C)C(=O)c1sc(N(C)CC2CC2)c(C(N)=O)c1N. The summed E-state index contributed by atoms with van der Waals surface area (Å²) in [6, 6.07) is 0. The number of nitrogens with two attached hydrogens (primary N) is 2. The maximum atomic E-state index is 12.2. The Morgan fingerprint density at radius 1 is 1.40 bits per heavy atom. The minimum Gasteiger partial charge on any atom is -0.397 e. The predicted molar refractivity (Wildman–Crippen MR) is 82.4 cm³/mol. The van der Waals surface area contributed by atoms with Crippen LogP contribution in [0.5, 0.6) is 0 Å². The molecule has 0 saturated heterocycles. The van der Waals surface area contributed by atoms with E-state index >= 15 is 0 Å². The fourth-order valence-electron chi connectivity index (χ4n) is 2.15. The molecule has 4 N–H and O–H groups in total. The summed E-state index contributed by atoms with van der Waals surface area (Å²) in [5, 5.41) is 0.714. The van der Waals surface area contributed by atoms with E-state index in [0.29, 0.717) is 21.4 Å². The standard InChI is InChI=1S/C14H21N3O2S/c1-7(2)11(18)12-10(15)9(13(16)19)14(20-12)17(3)6-8-4-5-8/h7-8H,4-6,15H2,1-3H3,(H2,16,19). The molecule has 110 valence electrons. The number of anilines is 2. The monoisotopic (exact) mass is 295 g/mol. The van der Waals surface area contributed by atoms with Gasteiger partial charge >= 0.3 is 0 Å². The Kier molecular flexibility index (Phi) is 4.04. The van der Waals surface area contributed by atoms with Gasteiger partial charge in [-0.25, -0.2) is 0 Å². The first-order valence-electron chi connectivity index (χ1n) is 6.80. The Hall–Kier alpha value is -1.56. The molecule has 0 unspecified atom stereocenters. The van der Waals surface area contributed by atoms with Crippen LogP contribution in [0.4, 0.5) is 10.7 Å². The van der Waals surface area contributed by atoms with Crippen molar-refractivity contribution in [2.75, 3.05) is 24.2 Å². The van der Waals surface area contributed by atoms with Crippen molar-refractivity contribution in [3.8, 4) is 0 Å². The molecule has 0 spiro atoms. The molecule has 0 radical (unpaired) electrons. The number of Topliss-reactive ketones (excluding diaryl/α,β-unsaturated/α-hetero) is 1. The Morgan fingerprint density at radius 3 is 2.45 bits per heavy atom. The van der Waals surface area contributed by atoms with E-state index in [2.05, 4.69) is 0 Å². The molecular weight excluding hydrogens is 274 g/mol. The molecule has 1 aliphatic carbocycles. The van der Waals surface area contributed by atoms with E-state index in [4.69, 9.17) is 11.5 Å². The number of rotatable bonds is 6. The Morgan fingerprint density at radius 2 is 2.00 bits per heavy atom. The van der Waals surface area contributed by atoms with Gasteiger partial charge in [0, 0.05) is 19.5 Å². The number of hydrogen-bond donors (Lipinski definition) is 2. The molecule has 0 aromatic carbocycles. The molecule has 1 aromatic heterocycles. The molecule has 1 amide bonds. The zero-order valence-electron chi connectivity index (χ0n) is 12.1. The molecule has 1 fully saturated rings. The van der Waals surface area contributed by atoms with Crippen molar-refractivity contribution in [3.05, 3.63) is 10.4 Å². The number of hydrogen-bond acceptors (Lipinski definition) is 5. The van der Waals surface area contributed by atoms with Gasteiger partial charge in [-0.1, -0.05) is 13.8 Å². The lowest BCUT2D eigenvalue weighted by Gasteiger charge is -2.18. The molecule has 0 atom stereocenters. The maximum absolute atomic E-state index is 12.2. The van der Waals surface area contributed by atoms with Crippen LogP contribution >= 0.6 is 11.3 Å². The van der Waals surface area contributed by atoms with Gasteiger partial charge in [-0.15, -0.1) is 11.3 Å². The third-order valence-corrected chi connectivity index (χ3v) is 4.83. The molecule has 1 heterocycles. The summed E-state index contributed by atoms with van der Waals surface area (Å²) in [5.41, 5.74) is 12.0. The van der Waals surface area contributed by atoms with Crippen molar-refractivity contribution in [1.82, 2.24) is 0 Å². The Labute approximate surface area is 122 Å². The van der Waals surface area contributed by atoms with Crippen molar-refractivity contribution in [2.45, 2.75) is 26.7 Å². The number of nitrogen functional groups attached to an aromatic ring is 1. The number of ketones is 1. The smallest absolute Gasteiger partial charge is 0.253 e. The van der Waals surface area contributed by atoms with Crippen LogP contribution in [0, 0.1) is 11.8 Å². The van der Waals surface area contributed by atoms with Crippen molar-refractivity contribution in [2.24, 2.45) is 17.6 Å². The number of carbonyl (C=O) groups is 2. The summed E-state index contributed by atoms with van der Waals surface area (Å²) < 4.78 is 0. The zero-order valence-corrected chi connectivity index (χ0v) is 12.9. The van der Waals surface area contributed by atoms with E-state index in [9.17, 15) is 9.59 Å². The molecule has 6 heteroatoms. The van der Waals surface area contributed by atoms with Crippen molar-refractivity contribution >= 4 is 33.7 Å². The number of amides is 1. The van der Waals surface area contributed by atoms with Crippen LogP contribution in [0.3, 0.4) is 0 Å². The molecule has 2 rings (SSSR count). The first kappa shape index (κ1) is 14.8. The lowest BCUT2D eigenvalue weighted by molar-refractivity contribution is 0.0944. The molecule has 1 saturated carbocycles. The Bertz CT molecular complexity index is 547. The highest BCUT2D eigenvalue weighted by molar-refractivity contribution is 7.19. The fourth-order valence-corrected chi connectivity index (χ4v) is 3.44. The van der Waals surface area contributed by atoms with Crippen LogP contribution in [-0.4, -0.2) is 25.3 Å². The van der Waals surface area contributed by atoms with Crippen LogP contribution in [0.15, 0.2) is 0 Å². The van der Waals surface area contributed by atoms with Crippen LogP contribution in [0.2, 0.25) is 0 Å². The van der Waals surface area contributed by atoms with Gasteiger partial charge in [0.2, 0.25) is 0 Å². The van der Waals surface area contributed by atoms with Crippen LogP contribution in [0.1, 0.15) is 46.7 Å². The summed E-state index contributed by atoms with van der Waals surface area (Å²) in [4.78, 5) is 26.3. The topological polar surface area (TPSA) is 89.4 Å². The van der Waals surface area contributed by atoms with Gasteiger partial charge in [0.15, 0.2) is 5.78 Å². The lowest BCUT2D eigenvalue weighted by Crippen LogP contribution is -2.23. The van der Waals surface area contributed by atoms with Crippen molar-refractivity contribution < 1.29 is 9.59 Å².